The topological polar surface area (TPSA) is 48.8 Å². The standard InChI is InChI=1S/C20H20N2O/c1-20(2,3)14-7-5-13(6-8-14)19-17(12-21)16-11-15(23-4)9-10-18(16)22-19/h5-11,22H,1-4H3. The fraction of sp³-hybridized carbons (Fsp3) is 0.250. The number of methoxy groups -OCH3 is 1. The average Bonchev–Trinajstić information content (AvgIpc) is 2.91. The Kier molecular flexibility index (Phi) is 3.61. The van der Waals surface area contributed by atoms with E-state index in [0.29, 0.717) is 5.56 Å². The second-order valence-corrected chi connectivity index (χ2v) is 6.73. The molecule has 0 spiro atoms. The highest BCUT2D eigenvalue weighted by atomic mass is 16.5. The first kappa shape index (κ1) is 15.2. The Balaban J connectivity index is 2.14. The number of aromatic amines is 1. The third kappa shape index (κ3) is 2.68. The van der Waals surface area contributed by atoms with Gasteiger partial charge in [-0.2, -0.15) is 5.26 Å². The van der Waals surface area contributed by atoms with Gasteiger partial charge in [-0.25, -0.2) is 0 Å². The lowest BCUT2D eigenvalue weighted by Crippen LogP contribution is -2.10. The van der Waals surface area contributed by atoms with E-state index >= 15 is 0 Å². The molecule has 0 amide bonds. The van der Waals surface area contributed by atoms with Crippen molar-refractivity contribution in [2.24, 2.45) is 0 Å². The van der Waals surface area contributed by atoms with E-state index in [0.717, 1.165) is 27.9 Å². The summed E-state index contributed by atoms with van der Waals surface area (Å²) in [5, 5.41) is 10.5. The second kappa shape index (κ2) is 5.48. The van der Waals surface area contributed by atoms with Gasteiger partial charge in [0.25, 0.3) is 0 Å². The Morgan fingerprint density at radius 2 is 1.74 bits per heavy atom. The molecule has 0 aliphatic heterocycles. The number of nitriles is 1. The molecular formula is C20H20N2O. The van der Waals surface area contributed by atoms with Gasteiger partial charge in [-0.1, -0.05) is 45.0 Å². The van der Waals surface area contributed by atoms with E-state index in [9.17, 15) is 5.26 Å². The molecule has 0 saturated carbocycles. The molecule has 2 aromatic carbocycles. The molecule has 0 atom stereocenters. The van der Waals surface area contributed by atoms with Gasteiger partial charge in [0.2, 0.25) is 0 Å². The maximum Gasteiger partial charge on any atom is 0.119 e. The van der Waals surface area contributed by atoms with E-state index in [2.05, 4.69) is 56.1 Å². The van der Waals surface area contributed by atoms with Crippen LogP contribution in [-0.2, 0) is 5.41 Å². The maximum absolute atomic E-state index is 9.60. The van der Waals surface area contributed by atoms with Crippen LogP contribution < -0.4 is 4.74 Å². The van der Waals surface area contributed by atoms with E-state index in [4.69, 9.17) is 4.74 Å². The number of ether oxygens (including phenoxy) is 1. The number of rotatable bonds is 2. The zero-order chi connectivity index (χ0) is 16.6. The number of aromatic nitrogens is 1. The highest BCUT2D eigenvalue weighted by Crippen LogP contribution is 2.33. The summed E-state index contributed by atoms with van der Waals surface area (Å²) < 4.78 is 5.27. The lowest BCUT2D eigenvalue weighted by molar-refractivity contribution is 0.415. The van der Waals surface area contributed by atoms with Gasteiger partial charge in [-0.3, -0.25) is 0 Å². The fourth-order valence-electron chi connectivity index (χ4n) is 2.77. The van der Waals surface area contributed by atoms with Gasteiger partial charge < -0.3 is 9.72 Å². The van der Waals surface area contributed by atoms with Crippen LogP contribution in [0.25, 0.3) is 22.2 Å². The van der Waals surface area contributed by atoms with Crippen molar-refractivity contribution in [1.82, 2.24) is 4.98 Å². The molecule has 0 fully saturated rings. The summed E-state index contributed by atoms with van der Waals surface area (Å²) in [6, 6.07) is 16.5. The van der Waals surface area contributed by atoms with Crippen LogP contribution in [0.2, 0.25) is 0 Å². The van der Waals surface area contributed by atoms with Gasteiger partial charge >= 0.3 is 0 Å². The number of nitrogens with one attached hydrogen (secondary N) is 1. The van der Waals surface area contributed by atoms with Gasteiger partial charge in [-0.05, 0) is 34.7 Å². The van der Waals surface area contributed by atoms with Crippen LogP contribution in [0.15, 0.2) is 42.5 Å². The second-order valence-electron chi connectivity index (χ2n) is 6.73. The summed E-state index contributed by atoms with van der Waals surface area (Å²) in [6.45, 7) is 6.58. The van der Waals surface area contributed by atoms with Crippen LogP contribution >= 0.6 is 0 Å². The Bertz CT molecular complexity index is 890. The van der Waals surface area contributed by atoms with Crippen molar-refractivity contribution in [2.45, 2.75) is 26.2 Å². The summed E-state index contributed by atoms with van der Waals surface area (Å²) in [6.07, 6.45) is 0. The molecule has 3 rings (SSSR count). The first-order valence-electron chi connectivity index (χ1n) is 7.65. The van der Waals surface area contributed by atoms with Crippen molar-refractivity contribution in [2.75, 3.05) is 7.11 Å². The molecule has 0 aliphatic carbocycles. The molecule has 0 unspecified atom stereocenters. The number of hydrogen-bond acceptors (Lipinski definition) is 2. The van der Waals surface area contributed by atoms with Crippen molar-refractivity contribution >= 4 is 10.9 Å². The molecular weight excluding hydrogens is 284 g/mol. The monoisotopic (exact) mass is 304 g/mol. The molecule has 0 radical (unpaired) electrons. The molecule has 1 N–H and O–H groups in total. The minimum Gasteiger partial charge on any atom is -0.497 e. The van der Waals surface area contributed by atoms with E-state index in [1.54, 1.807) is 7.11 Å². The van der Waals surface area contributed by atoms with Gasteiger partial charge in [0.05, 0.1) is 18.4 Å². The van der Waals surface area contributed by atoms with E-state index in [1.807, 2.05) is 18.2 Å². The van der Waals surface area contributed by atoms with Crippen LogP contribution in [0.1, 0.15) is 31.9 Å². The number of hydrogen-bond donors (Lipinski definition) is 1. The number of benzene rings is 2. The third-order valence-corrected chi connectivity index (χ3v) is 4.16. The van der Waals surface area contributed by atoms with Crippen molar-refractivity contribution in [3.05, 3.63) is 53.6 Å². The summed E-state index contributed by atoms with van der Waals surface area (Å²) in [7, 11) is 1.63. The van der Waals surface area contributed by atoms with E-state index < -0.39 is 0 Å². The van der Waals surface area contributed by atoms with Gasteiger partial charge in [0, 0.05) is 10.9 Å². The first-order valence-corrected chi connectivity index (χ1v) is 7.65. The van der Waals surface area contributed by atoms with Crippen molar-refractivity contribution in [3.8, 4) is 23.1 Å². The summed E-state index contributed by atoms with van der Waals surface area (Å²) >= 11 is 0. The highest BCUT2D eigenvalue weighted by molar-refractivity contribution is 5.94. The van der Waals surface area contributed by atoms with Crippen LogP contribution in [0.4, 0.5) is 0 Å². The molecule has 116 valence electrons. The minimum absolute atomic E-state index is 0.115. The smallest absolute Gasteiger partial charge is 0.119 e. The summed E-state index contributed by atoms with van der Waals surface area (Å²) in [5.41, 5.74) is 4.86. The van der Waals surface area contributed by atoms with Crippen molar-refractivity contribution < 1.29 is 4.74 Å². The average molecular weight is 304 g/mol. The molecule has 3 heteroatoms. The van der Waals surface area contributed by atoms with Gasteiger partial charge in [0.15, 0.2) is 0 Å². The normalized spacial score (nSPS) is 11.4. The van der Waals surface area contributed by atoms with Crippen LogP contribution in [0.3, 0.4) is 0 Å². The zero-order valence-electron chi connectivity index (χ0n) is 13.9. The fourth-order valence-corrected chi connectivity index (χ4v) is 2.77. The van der Waals surface area contributed by atoms with Crippen LogP contribution in [0.5, 0.6) is 5.75 Å². The Morgan fingerprint density at radius 3 is 2.30 bits per heavy atom. The van der Waals surface area contributed by atoms with Crippen molar-refractivity contribution in [3.63, 3.8) is 0 Å². The molecule has 3 nitrogen and oxygen atoms in total. The number of fused-ring (bicyclic) bond motifs is 1. The SMILES string of the molecule is COc1ccc2[nH]c(-c3ccc(C(C)(C)C)cc3)c(C#N)c2c1. The quantitative estimate of drug-likeness (QED) is 0.723. The number of nitrogens with zero attached hydrogens (tertiary/aromatic N) is 1. The Hall–Kier alpha value is -2.73. The number of H-pyrrole nitrogens is 1. The Labute approximate surface area is 136 Å². The predicted octanol–water partition coefficient (Wildman–Crippen LogP) is 5.01. The zero-order valence-corrected chi connectivity index (χ0v) is 13.9. The van der Waals surface area contributed by atoms with Gasteiger partial charge in [-0.15, -0.1) is 0 Å². The molecule has 0 bridgehead atoms. The third-order valence-electron chi connectivity index (χ3n) is 4.16. The van der Waals surface area contributed by atoms with E-state index in [-0.39, 0.29) is 5.41 Å². The van der Waals surface area contributed by atoms with Gasteiger partial charge in [0.1, 0.15) is 11.8 Å². The summed E-state index contributed by atoms with van der Waals surface area (Å²) in [5.74, 6) is 0.752. The van der Waals surface area contributed by atoms with Crippen molar-refractivity contribution in [1.29, 1.82) is 5.26 Å². The van der Waals surface area contributed by atoms with Crippen LogP contribution in [0, 0.1) is 11.3 Å². The summed E-state index contributed by atoms with van der Waals surface area (Å²) in [4.78, 5) is 3.36. The molecule has 1 heterocycles. The molecule has 0 saturated heterocycles. The first-order chi connectivity index (χ1) is 10.9. The molecule has 23 heavy (non-hydrogen) atoms. The minimum atomic E-state index is 0.115. The highest BCUT2D eigenvalue weighted by Gasteiger charge is 2.16. The maximum atomic E-state index is 9.60. The predicted molar refractivity (Wildman–Crippen MR) is 93.7 cm³/mol. The van der Waals surface area contributed by atoms with E-state index in [1.165, 1.54) is 5.56 Å². The molecule has 3 aromatic rings. The molecule has 0 aliphatic rings. The largest absolute Gasteiger partial charge is 0.497 e. The molecule has 1 aromatic heterocycles. The van der Waals surface area contributed by atoms with Crippen LogP contribution in [-0.4, -0.2) is 12.1 Å². The lowest BCUT2D eigenvalue weighted by atomic mass is 9.86. The lowest BCUT2D eigenvalue weighted by Gasteiger charge is -2.19. The Morgan fingerprint density at radius 1 is 1.04 bits per heavy atom.